The first-order valence-corrected chi connectivity index (χ1v) is 9.58. The fourth-order valence-electron chi connectivity index (χ4n) is 4.11. The van der Waals surface area contributed by atoms with E-state index in [2.05, 4.69) is 16.3 Å². The van der Waals surface area contributed by atoms with E-state index in [1.165, 1.54) is 18.2 Å². The molecule has 2 aliphatic rings. The summed E-state index contributed by atoms with van der Waals surface area (Å²) in [6.07, 6.45) is 1.70. The number of rotatable bonds is 3. The fourth-order valence-corrected chi connectivity index (χ4v) is 4.11. The molecule has 2 aromatic carbocycles. The van der Waals surface area contributed by atoms with Gasteiger partial charge in [-0.25, -0.2) is 4.39 Å². The largest absolute Gasteiger partial charge is 0.496 e. The van der Waals surface area contributed by atoms with Gasteiger partial charge in [-0.2, -0.15) is 5.26 Å². The monoisotopic (exact) mass is 395 g/mol. The number of piperidine rings is 1. The summed E-state index contributed by atoms with van der Waals surface area (Å²) in [4.78, 5) is 14.6. The zero-order valence-corrected chi connectivity index (χ0v) is 16.2. The Hall–Kier alpha value is -3.11. The average molecular weight is 395 g/mol. The van der Waals surface area contributed by atoms with Crippen LogP contribution in [-0.2, 0) is 6.54 Å². The summed E-state index contributed by atoms with van der Waals surface area (Å²) in [6, 6.07) is 11.6. The third kappa shape index (κ3) is 3.89. The van der Waals surface area contributed by atoms with E-state index < -0.39 is 11.4 Å². The van der Waals surface area contributed by atoms with Crippen LogP contribution in [0, 0.1) is 17.1 Å². The number of methoxy groups -OCH3 is 1. The Kier molecular flexibility index (Phi) is 5.12. The summed E-state index contributed by atoms with van der Waals surface area (Å²) >= 11 is 0. The van der Waals surface area contributed by atoms with Crippen molar-refractivity contribution in [2.24, 2.45) is 0 Å². The van der Waals surface area contributed by atoms with Crippen LogP contribution < -0.4 is 14.8 Å². The first-order valence-electron chi connectivity index (χ1n) is 9.58. The molecule has 0 bridgehead atoms. The molecule has 2 aliphatic heterocycles. The highest BCUT2D eigenvalue weighted by molar-refractivity contribution is 5.97. The van der Waals surface area contributed by atoms with Gasteiger partial charge in [0.15, 0.2) is 0 Å². The third-order valence-electron chi connectivity index (χ3n) is 5.51. The number of hydrogen-bond acceptors (Lipinski definition) is 5. The van der Waals surface area contributed by atoms with Gasteiger partial charge < -0.3 is 14.8 Å². The number of amides is 1. The molecule has 0 aromatic heterocycles. The van der Waals surface area contributed by atoms with Crippen molar-refractivity contribution in [1.29, 1.82) is 5.26 Å². The first-order chi connectivity index (χ1) is 14.0. The number of hydrogen-bond donors (Lipinski definition) is 1. The molecule has 1 amide bonds. The SMILES string of the molecule is COc1cc(C#N)ccc1CN1CCC[C@]2(CNC(=O)c3cc(F)ccc3O2)C1. The van der Waals surface area contributed by atoms with Gasteiger partial charge in [-0.1, -0.05) is 6.07 Å². The maximum absolute atomic E-state index is 13.6. The van der Waals surface area contributed by atoms with Crippen molar-refractivity contribution in [3.05, 3.63) is 58.9 Å². The number of nitrogens with zero attached hydrogens (tertiary/aromatic N) is 2. The number of nitriles is 1. The molecule has 1 atom stereocenters. The molecule has 150 valence electrons. The van der Waals surface area contributed by atoms with E-state index in [1.807, 2.05) is 6.07 Å². The predicted molar refractivity (Wildman–Crippen MR) is 104 cm³/mol. The molecule has 2 heterocycles. The fraction of sp³-hybridized carbons (Fsp3) is 0.364. The van der Waals surface area contributed by atoms with Crippen LogP contribution in [0.5, 0.6) is 11.5 Å². The second-order valence-corrected chi connectivity index (χ2v) is 7.56. The van der Waals surface area contributed by atoms with Gasteiger partial charge in [0.2, 0.25) is 0 Å². The maximum Gasteiger partial charge on any atom is 0.255 e. The zero-order chi connectivity index (χ0) is 20.4. The van der Waals surface area contributed by atoms with Crippen LogP contribution in [0.1, 0.15) is 34.3 Å². The Morgan fingerprint density at radius 1 is 1.34 bits per heavy atom. The lowest BCUT2D eigenvalue weighted by atomic mass is 9.92. The molecule has 0 radical (unpaired) electrons. The van der Waals surface area contributed by atoms with E-state index in [9.17, 15) is 9.18 Å². The molecule has 1 fully saturated rings. The van der Waals surface area contributed by atoms with Crippen LogP contribution in [0.15, 0.2) is 36.4 Å². The van der Waals surface area contributed by atoms with Crippen molar-refractivity contribution in [3.8, 4) is 17.6 Å². The average Bonchev–Trinajstić information content (AvgIpc) is 2.85. The minimum atomic E-state index is -0.573. The Labute approximate surface area is 168 Å². The number of carbonyl (C=O) groups excluding carboxylic acids is 1. The molecule has 1 N–H and O–H groups in total. The molecule has 6 nitrogen and oxygen atoms in total. The van der Waals surface area contributed by atoms with Gasteiger partial charge in [0, 0.05) is 18.7 Å². The summed E-state index contributed by atoms with van der Waals surface area (Å²) in [6.45, 7) is 2.51. The van der Waals surface area contributed by atoms with Crippen molar-refractivity contribution in [2.75, 3.05) is 26.7 Å². The minimum Gasteiger partial charge on any atom is -0.496 e. The van der Waals surface area contributed by atoms with Gasteiger partial charge in [-0.05, 0) is 49.7 Å². The second-order valence-electron chi connectivity index (χ2n) is 7.56. The van der Waals surface area contributed by atoms with Crippen molar-refractivity contribution in [3.63, 3.8) is 0 Å². The minimum absolute atomic E-state index is 0.229. The Morgan fingerprint density at radius 3 is 3.00 bits per heavy atom. The van der Waals surface area contributed by atoms with Crippen LogP contribution >= 0.6 is 0 Å². The molecular formula is C22H22FN3O3. The van der Waals surface area contributed by atoms with E-state index in [-0.39, 0.29) is 11.5 Å². The molecule has 1 saturated heterocycles. The van der Waals surface area contributed by atoms with Crippen molar-refractivity contribution in [2.45, 2.75) is 25.0 Å². The summed E-state index contributed by atoms with van der Waals surface area (Å²) in [5, 5.41) is 12.0. The van der Waals surface area contributed by atoms with Crippen LogP contribution in [-0.4, -0.2) is 43.2 Å². The standard InChI is InChI=1S/C22H22FN3O3/c1-28-20-9-15(11-24)3-4-16(20)12-26-8-2-7-22(14-26)13-25-21(27)18-10-17(23)5-6-19(18)29-22/h3-6,9-10H,2,7-8,12-14H2,1H3,(H,25,27)/t22-/m0/s1. The van der Waals surface area contributed by atoms with Gasteiger partial charge in [0.1, 0.15) is 22.9 Å². The zero-order valence-electron chi connectivity index (χ0n) is 16.2. The molecule has 0 unspecified atom stereocenters. The van der Waals surface area contributed by atoms with Crippen molar-refractivity contribution >= 4 is 5.91 Å². The molecule has 0 saturated carbocycles. The van der Waals surface area contributed by atoms with Crippen LogP contribution in [0.25, 0.3) is 0 Å². The number of nitrogens with one attached hydrogen (secondary N) is 1. The lowest BCUT2D eigenvalue weighted by Gasteiger charge is -2.42. The first kappa shape index (κ1) is 19.2. The van der Waals surface area contributed by atoms with Crippen molar-refractivity contribution < 1.29 is 18.7 Å². The van der Waals surface area contributed by atoms with Crippen molar-refractivity contribution in [1.82, 2.24) is 10.2 Å². The Morgan fingerprint density at radius 2 is 2.21 bits per heavy atom. The number of fused-ring (bicyclic) bond motifs is 1. The van der Waals surface area contributed by atoms with E-state index in [1.54, 1.807) is 19.2 Å². The van der Waals surface area contributed by atoms with E-state index in [4.69, 9.17) is 14.7 Å². The van der Waals surface area contributed by atoms with Crippen LogP contribution in [0.2, 0.25) is 0 Å². The Balaban J connectivity index is 1.56. The lowest BCUT2D eigenvalue weighted by molar-refractivity contribution is -0.00727. The molecule has 29 heavy (non-hydrogen) atoms. The summed E-state index contributed by atoms with van der Waals surface area (Å²) in [5.74, 6) is 0.317. The highest BCUT2D eigenvalue weighted by atomic mass is 19.1. The molecular weight excluding hydrogens is 373 g/mol. The molecule has 1 spiro atoms. The maximum atomic E-state index is 13.6. The number of benzene rings is 2. The summed E-state index contributed by atoms with van der Waals surface area (Å²) < 4.78 is 25.4. The highest BCUT2D eigenvalue weighted by Gasteiger charge is 2.41. The quantitative estimate of drug-likeness (QED) is 0.865. The normalized spacial score (nSPS) is 21.5. The van der Waals surface area contributed by atoms with E-state index in [0.717, 1.165) is 24.9 Å². The topological polar surface area (TPSA) is 74.6 Å². The number of carbonyl (C=O) groups is 1. The smallest absolute Gasteiger partial charge is 0.255 e. The van der Waals surface area contributed by atoms with Gasteiger partial charge in [-0.3, -0.25) is 9.69 Å². The number of halogens is 1. The number of likely N-dealkylation sites (tertiary alicyclic amines) is 1. The molecule has 0 aliphatic carbocycles. The van der Waals surface area contributed by atoms with Gasteiger partial charge in [0.05, 0.1) is 30.9 Å². The van der Waals surface area contributed by atoms with E-state index >= 15 is 0 Å². The summed E-state index contributed by atoms with van der Waals surface area (Å²) in [7, 11) is 1.59. The Bertz CT molecular complexity index is 988. The summed E-state index contributed by atoms with van der Waals surface area (Å²) in [5.41, 5.74) is 1.20. The van der Waals surface area contributed by atoms with Gasteiger partial charge in [-0.15, -0.1) is 0 Å². The molecule has 4 rings (SSSR count). The lowest BCUT2D eigenvalue weighted by Crippen LogP contribution is -2.56. The number of ether oxygens (including phenoxy) is 2. The predicted octanol–water partition coefficient (Wildman–Crippen LogP) is 2.86. The second kappa shape index (κ2) is 7.72. The molecule has 7 heteroatoms. The van der Waals surface area contributed by atoms with Gasteiger partial charge in [0.25, 0.3) is 5.91 Å². The third-order valence-corrected chi connectivity index (χ3v) is 5.51. The van der Waals surface area contributed by atoms with E-state index in [0.29, 0.717) is 36.7 Å². The molecule has 2 aromatic rings. The van der Waals surface area contributed by atoms with Crippen LogP contribution in [0.4, 0.5) is 4.39 Å². The highest BCUT2D eigenvalue weighted by Crippen LogP contribution is 2.33. The van der Waals surface area contributed by atoms with Crippen LogP contribution in [0.3, 0.4) is 0 Å². The van der Waals surface area contributed by atoms with Gasteiger partial charge >= 0.3 is 0 Å².